The fraction of sp³-hybridized carbons (Fsp3) is 0.500. The van der Waals surface area contributed by atoms with Crippen LogP contribution in [0.1, 0.15) is 19.7 Å². The number of fused-ring (bicyclic) bond motifs is 1. The second kappa shape index (κ2) is 6.15. The number of aromatic nitrogens is 2. The molecule has 3 nitrogen and oxygen atoms in total. The number of rotatable bonds is 5. The number of imidazole rings is 1. The third-order valence-electron chi connectivity index (χ3n) is 3.28. The fourth-order valence-corrected chi connectivity index (χ4v) is 2.69. The number of methoxy groups -OCH3 is 1. The molecule has 1 aromatic heterocycles. The summed E-state index contributed by atoms with van der Waals surface area (Å²) in [4.78, 5) is 4.57. The Morgan fingerprint density at radius 1 is 1.45 bits per heavy atom. The van der Waals surface area contributed by atoms with Crippen LogP contribution in [0.15, 0.2) is 12.1 Å². The molecule has 1 aromatic carbocycles. The Morgan fingerprint density at radius 2 is 2.15 bits per heavy atom. The first-order chi connectivity index (χ1) is 9.38. The average Bonchev–Trinajstić information content (AvgIpc) is 2.68. The highest BCUT2D eigenvalue weighted by atomic mass is 127. The van der Waals surface area contributed by atoms with Crippen LogP contribution in [0, 0.1) is 9.39 Å². The van der Waals surface area contributed by atoms with E-state index in [0.29, 0.717) is 22.4 Å². The maximum absolute atomic E-state index is 13.8. The van der Waals surface area contributed by atoms with Crippen LogP contribution in [0.4, 0.5) is 4.39 Å². The van der Waals surface area contributed by atoms with Gasteiger partial charge in [0.2, 0.25) is 0 Å². The molecule has 1 heterocycles. The standard InChI is InChI=1S/C14H17ClFIN2O/c1-14(2,20-3)8-19-12-6-9(16)10(17)7-11(12)18-13(19)4-5-15/h6-7H,4-5,8H2,1-3H3. The van der Waals surface area contributed by atoms with Crippen LogP contribution < -0.4 is 0 Å². The molecule has 0 aliphatic carbocycles. The third kappa shape index (κ3) is 3.26. The van der Waals surface area contributed by atoms with Crippen molar-refractivity contribution in [1.29, 1.82) is 0 Å². The first kappa shape index (κ1) is 16.0. The monoisotopic (exact) mass is 410 g/mol. The zero-order valence-corrected chi connectivity index (χ0v) is 14.6. The average molecular weight is 411 g/mol. The zero-order chi connectivity index (χ0) is 14.9. The SMILES string of the molecule is COC(C)(C)Cn1c(CCCl)nc2cc(I)c(F)cc21. The molecule has 0 atom stereocenters. The number of hydrogen-bond acceptors (Lipinski definition) is 2. The van der Waals surface area contributed by atoms with Gasteiger partial charge < -0.3 is 9.30 Å². The van der Waals surface area contributed by atoms with Crippen molar-refractivity contribution in [3.63, 3.8) is 0 Å². The molecule has 2 rings (SSSR count). The highest BCUT2D eigenvalue weighted by Crippen LogP contribution is 2.24. The van der Waals surface area contributed by atoms with Crippen molar-refractivity contribution < 1.29 is 9.13 Å². The number of nitrogens with zero attached hydrogens (tertiary/aromatic N) is 2. The second-order valence-electron chi connectivity index (χ2n) is 5.27. The molecule has 0 N–H and O–H groups in total. The maximum atomic E-state index is 13.8. The summed E-state index contributed by atoms with van der Waals surface area (Å²) in [6, 6.07) is 3.30. The van der Waals surface area contributed by atoms with Gasteiger partial charge in [-0.1, -0.05) is 0 Å². The summed E-state index contributed by atoms with van der Waals surface area (Å²) < 4.78 is 21.9. The molecule has 2 aromatic rings. The summed E-state index contributed by atoms with van der Waals surface area (Å²) in [5.74, 6) is 1.12. The van der Waals surface area contributed by atoms with E-state index >= 15 is 0 Å². The van der Waals surface area contributed by atoms with Gasteiger partial charge in [-0.3, -0.25) is 0 Å². The van der Waals surface area contributed by atoms with E-state index in [2.05, 4.69) is 4.98 Å². The minimum absolute atomic E-state index is 0.230. The summed E-state index contributed by atoms with van der Waals surface area (Å²) in [6.45, 7) is 4.59. The summed E-state index contributed by atoms with van der Waals surface area (Å²) in [6.07, 6.45) is 0.647. The lowest BCUT2D eigenvalue weighted by Crippen LogP contribution is -2.30. The number of aryl methyl sites for hydroxylation is 1. The smallest absolute Gasteiger partial charge is 0.138 e. The van der Waals surface area contributed by atoms with Gasteiger partial charge >= 0.3 is 0 Å². The zero-order valence-electron chi connectivity index (χ0n) is 11.7. The van der Waals surface area contributed by atoms with Crippen molar-refractivity contribution in [3.05, 3.63) is 27.3 Å². The van der Waals surface area contributed by atoms with E-state index in [1.165, 1.54) is 6.07 Å². The molecule has 0 fully saturated rings. The molecule has 0 amide bonds. The van der Waals surface area contributed by atoms with Gasteiger partial charge in [0.1, 0.15) is 11.6 Å². The third-order valence-corrected chi connectivity index (χ3v) is 4.29. The number of hydrogen-bond donors (Lipinski definition) is 0. The van der Waals surface area contributed by atoms with Gasteiger partial charge in [0, 0.05) is 25.5 Å². The van der Waals surface area contributed by atoms with Gasteiger partial charge in [-0.25, -0.2) is 9.37 Å². The molecule has 0 unspecified atom stereocenters. The predicted octanol–water partition coefficient (Wildman–Crippen LogP) is 3.99. The van der Waals surface area contributed by atoms with E-state index in [0.717, 1.165) is 16.9 Å². The van der Waals surface area contributed by atoms with E-state index in [4.69, 9.17) is 16.3 Å². The molecule has 0 radical (unpaired) electrons. The van der Waals surface area contributed by atoms with E-state index in [9.17, 15) is 4.39 Å². The first-order valence-corrected chi connectivity index (χ1v) is 7.94. The lowest BCUT2D eigenvalue weighted by atomic mass is 10.1. The molecular weight excluding hydrogens is 394 g/mol. The van der Waals surface area contributed by atoms with Crippen LogP contribution >= 0.6 is 34.2 Å². The van der Waals surface area contributed by atoms with Gasteiger partial charge in [0.05, 0.1) is 26.7 Å². The van der Waals surface area contributed by atoms with Crippen molar-refractivity contribution in [2.45, 2.75) is 32.4 Å². The van der Waals surface area contributed by atoms with Crippen LogP contribution in [-0.2, 0) is 17.7 Å². The van der Waals surface area contributed by atoms with Crippen LogP contribution in [0.2, 0.25) is 0 Å². The van der Waals surface area contributed by atoms with E-state index in [1.54, 1.807) is 13.2 Å². The van der Waals surface area contributed by atoms with Crippen molar-refractivity contribution in [2.75, 3.05) is 13.0 Å². The Balaban J connectivity index is 2.58. The van der Waals surface area contributed by atoms with Gasteiger partial charge in [0.15, 0.2) is 0 Å². The van der Waals surface area contributed by atoms with E-state index in [1.807, 2.05) is 41.0 Å². The molecule has 0 aliphatic rings. The number of halogens is 3. The van der Waals surface area contributed by atoms with Gasteiger partial charge in [-0.2, -0.15) is 0 Å². The summed E-state index contributed by atoms with van der Waals surface area (Å²) in [5.41, 5.74) is 1.23. The van der Waals surface area contributed by atoms with Crippen LogP contribution in [0.3, 0.4) is 0 Å². The first-order valence-electron chi connectivity index (χ1n) is 6.33. The van der Waals surface area contributed by atoms with E-state index < -0.39 is 0 Å². The number of ether oxygens (including phenoxy) is 1. The van der Waals surface area contributed by atoms with Crippen LogP contribution in [-0.4, -0.2) is 28.1 Å². The molecule has 0 spiro atoms. The highest BCUT2D eigenvalue weighted by molar-refractivity contribution is 14.1. The van der Waals surface area contributed by atoms with Crippen molar-refractivity contribution in [2.24, 2.45) is 0 Å². The lowest BCUT2D eigenvalue weighted by molar-refractivity contribution is 0.00845. The van der Waals surface area contributed by atoms with Gasteiger partial charge in [-0.05, 0) is 42.5 Å². The van der Waals surface area contributed by atoms with Gasteiger partial charge in [-0.15, -0.1) is 11.6 Å². The summed E-state index contributed by atoms with van der Waals surface area (Å²) in [5, 5.41) is 0. The highest BCUT2D eigenvalue weighted by Gasteiger charge is 2.22. The van der Waals surface area contributed by atoms with E-state index in [-0.39, 0.29) is 11.4 Å². The van der Waals surface area contributed by atoms with Crippen molar-refractivity contribution >= 4 is 45.2 Å². The Labute approximate surface area is 136 Å². The van der Waals surface area contributed by atoms with Crippen molar-refractivity contribution in [3.8, 4) is 0 Å². The minimum Gasteiger partial charge on any atom is -0.377 e. The lowest BCUT2D eigenvalue weighted by Gasteiger charge is -2.24. The topological polar surface area (TPSA) is 27.1 Å². The van der Waals surface area contributed by atoms with Gasteiger partial charge in [0.25, 0.3) is 0 Å². The van der Waals surface area contributed by atoms with Crippen molar-refractivity contribution in [1.82, 2.24) is 9.55 Å². The molecule has 0 bridgehead atoms. The molecular formula is C14H17ClFIN2O. The summed E-state index contributed by atoms with van der Waals surface area (Å²) >= 11 is 7.82. The number of benzene rings is 1. The normalized spacial score (nSPS) is 12.3. The largest absolute Gasteiger partial charge is 0.377 e. The second-order valence-corrected chi connectivity index (χ2v) is 6.81. The van der Waals surface area contributed by atoms with Crippen LogP contribution in [0.5, 0.6) is 0 Å². The fourth-order valence-electron chi connectivity index (χ4n) is 2.07. The minimum atomic E-state index is -0.353. The number of alkyl halides is 1. The molecule has 20 heavy (non-hydrogen) atoms. The molecule has 6 heteroatoms. The predicted molar refractivity (Wildman–Crippen MR) is 87.9 cm³/mol. The maximum Gasteiger partial charge on any atom is 0.138 e. The quantitative estimate of drug-likeness (QED) is 0.551. The molecule has 0 saturated heterocycles. The summed E-state index contributed by atoms with van der Waals surface area (Å²) in [7, 11) is 1.67. The Kier molecular flexibility index (Phi) is 4.92. The molecule has 0 aliphatic heterocycles. The molecule has 0 saturated carbocycles. The Hall–Kier alpha value is -0.400. The molecule has 110 valence electrons. The Bertz CT molecular complexity index is 627. The van der Waals surface area contributed by atoms with Crippen LogP contribution in [0.25, 0.3) is 11.0 Å². The Morgan fingerprint density at radius 3 is 2.75 bits per heavy atom.